The van der Waals surface area contributed by atoms with Gasteiger partial charge in [0.1, 0.15) is 5.82 Å². The van der Waals surface area contributed by atoms with Crippen LogP contribution in [-0.4, -0.2) is 35.4 Å². The number of ether oxygens (including phenoxy) is 1. The molecule has 1 fully saturated rings. The zero-order valence-corrected chi connectivity index (χ0v) is 23.6. The lowest BCUT2D eigenvalue weighted by Gasteiger charge is -2.32. The fraction of sp³-hybridized carbons (Fsp3) is 0.382. The van der Waals surface area contributed by atoms with Crippen molar-refractivity contribution < 1.29 is 19.3 Å². The first-order chi connectivity index (χ1) is 19.2. The summed E-state index contributed by atoms with van der Waals surface area (Å²) in [5, 5.41) is 31.3. The molecule has 210 valence electrons. The quantitative estimate of drug-likeness (QED) is 0.215. The average Bonchev–Trinajstić information content (AvgIpc) is 3.74. The molecule has 1 aliphatic carbocycles. The number of halogens is 1. The van der Waals surface area contributed by atoms with E-state index in [1.54, 1.807) is 13.0 Å². The minimum absolute atomic E-state index is 0.0993. The van der Waals surface area contributed by atoms with Gasteiger partial charge in [0, 0.05) is 24.5 Å². The highest BCUT2D eigenvalue weighted by Gasteiger charge is 2.47. The Labute approximate surface area is 237 Å². The first-order valence-electron chi connectivity index (χ1n) is 14.0. The number of epoxide rings is 1. The summed E-state index contributed by atoms with van der Waals surface area (Å²) in [5.41, 5.74) is 6.19. The number of rotatable bonds is 12. The molecule has 40 heavy (non-hydrogen) atoms. The van der Waals surface area contributed by atoms with Crippen molar-refractivity contribution in [2.75, 3.05) is 13.2 Å². The lowest BCUT2D eigenvalue weighted by atomic mass is 9.72. The lowest BCUT2D eigenvalue weighted by Crippen LogP contribution is -2.36. The second-order valence-electron chi connectivity index (χ2n) is 10.8. The Morgan fingerprint density at radius 3 is 2.52 bits per heavy atom. The Morgan fingerprint density at radius 1 is 1.18 bits per heavy atom. The van der Waals surface area contributed by atoms with Crippen LogP contribution in [0.5, 0.6) is 0 Å². The van der Waals surface area contributed by atoms with Crippen LogP contribution in [0.1, 0.15) is 66.3 Å². The molecule has 0 bridgehead atoms. The zero-order valence-electron chi connectivity index (χ0n) is 23.6. The van der Waals surface area contributed by atoms with Crippen LogP contribution in [0.15, 0.2) is 78.4 Å². The van der Waals surface area contributed by atoms with Gasteiger partial charge in [0.15, 0.2) is 12.0 Å². The summed E-state index contributed by atoms with van der Waals surface area (Å²) < 4.78 is 20.7. The van der Waals surface area contributed by atoms with E-state index in [-0.39, 0.29) is 23.8 Å². The number of allylic oxidation sites excluding steroid dienone is 5. The molecule has 0 saturated carbocycles. The number of hydrogen-bond acceptors (Lipinski definition) is 5. The number of benzene rings is 2. The molecular weight excluding hydrogens is 503 g/mol. The van der Waals surface area contributed by atoms with E-state index in [0.717, 1.165) is 41.5 Å². The second kappa shape index (κ2) is 12.9. The van der Waals surface area contributed by atoms with Gasteiger partial charge in [0.05, 0.1) is 18.2 Å². The van der Waals surface area contributed by atoms with Gasteiger partial charge in [-0.1, -0.05) is 79.6 Å². The van der Waals surface area contributed by atoms with Gasteiger partial charge in [-0.15, -0.1) is 0 Å². The summed E-state index contributed by atoms with van der Waals surface area (Å²) in [4.78, 5) is 0. The van der Waals surface area contributed by atoms with Gasteiger partial charge in [0.25, 0.3) is 0 Å². The number of nitrogens with one attached hydrogen (secondary N) is 1. The average molecular weight is 543 g/mol. The van der Waals surface area contributed by atoms with Crippen LogP contribution in [0.3, 0.4) is 0 Å². The molecule has 2 aromatic carbocycles. The highest BCUT2D eigenvalue weighted by atomic mass is 19.1. The number of aliphatic hydroxyl groups is 2. The highest BCUT2D eigenvalue weighted by molar-refractivity contribution is 5.74. The molecule has 2 aliphatic rings. The topological polar surface area (TPSA) is 88.8 Å². The van der Waals surface area contributed by atoms with Crippen LogP contribution in [0.25, 0.3) is 5.57 Å². The molecule has 1 saturated heterocycles. The van der Waals surface area contributed by atoms with E-state index in [1.165, 1.54) is 11.6 Å². The third kappa shape index (κ3) is 6.68. The van der Waals surface area contributed by atoms with E-state index in [9.17, 15) is 19.9 Å². The van der Waals surface area contributed by atoms with Gasteiger partial charge in [-0.25, -0.2) is 4.39 Å². The van der Waals surface area contributed by atoms with E-state index >= 15 is 0 Å². The number of nitrogens with zero attached hydrogens (tertiary/aromatic N) is 1. The molecular formula is C34H39FN2O3. The molecule has 6 heteroatoms. The normalized spacial score (nSPS) is 19.9. The van der Waals surface area contributed by atoms with Crippen LogP contribution in [0.2, 0.25) is 0 Å². The first-order valence-corrected chi connectivity index (χ1v) is 14.0. The summed E-state index contributed by atoms with van der Waals surface area (Å²) in [5.74, 6) is -0.412. The number of hydrogen-bond donors (Lipinski definition) is 3. The molecule has 4 rings (SSSR count). The van der Waals surface area contributed by atoms with Crippen molar-refractivity contribution in [3.63, 3.8) is 0 Å². The maximum absolute atomic E-state index is 14.9. The van der Waals surface area contributed by atoms with E-state index in [4.69, 9.17) is 4.74 Å². The molecule has 3 atom stereocenters. The number of aliphatic hydroxyl groups excluding tert-OH is 1. The van der Waals surface area contributed by atoms with Crippen LogP contribution < -0.4 is 5.32 Å². The minimum atomic E-state index is -1.36. The molecule has 1 heterocycles. The summed E-state index contributed by atoms with van der Waals surface area (Å²) >= 11 is 0. The molecule has 1 aliphatic heterocycles. The van der Waals surface area contributed by atoms with Crippen molar-refractivity contribution in [3.05, 3.63) is 112 Å². The Bertz CT molecular complexity index is 1360. The predicted molar refractivity (Wildman–Crippen MR) is 157 cm³/mol. The van der Waals surface area contributed by atoms with E-state index in [1.807, 2.05) is 0 Å². The molecule has 0 radical (unpaired) electrons. The highest BCUT2D eigenvalue weighted by Crippen LogP contribution is 2.45. The summed E-state index contributed by atoms with van der Waals surface area (Å²) in [7, 11) is 0. The maximum atomic E-state index is 14.9. The predicted octanol–water partition coefficient (Wildman–Crippen LogP) is 6.36. The smallest absolute Gasteiger partial charge is 0.169 e. The van der Waals surface area contributed by atoms with Crippen molar-refractivity contribution in [2.24, 2.45) is 5.92 Å². The Morgan fingerprint density at radius 2 is 1.90 bits per heavy atom. The fourth-order valence-electron chi connectivity index (χ4n) is 5.60. The largest absolute Gasteiger partial charge is 0.368 e. The van der Waals surface area contributed by atoms with E-state index < -0.39 is 17.8 Å². The van der Waals surface area contributed by atoms with Gasteiger partial charge >= 0.3 is 0 Å². The van der Waals surface area contributed by atoms with Crippen molar-refractivity contribution in [1.29, 1.82) is 5.26 Å². The minimum Gasteiger partial charge on any atom is -0.368 e. The number of aryl methyl sites for hydroxylation is 1. The van der Waals surface area contributed by atoms with Crippen molar-refractivity contribution in [1.82, 2.24) is 5.32 Å². The third-order valence-electron chi connectivity index (χ3n) is 7.95. The fourth-order valence-corrected chi connectivity index (χ4v) is 5.60. The van der Waals surface area contributed by atoms with Gasteiger partial charge in [-0.3, -0.25) is 5.32 Å². The monoisotopic (exact) mass is 542 g/mol. The third-order valence-corrected chi connectivity index (χ3v) is 7.95. The zero-order chi connectivity index (χ0) is 28.9. The Kier molecular flexibility index (Phi) is 9.55. The summed E-state index contributed by atoms with van der Waals surface area (Å²) in [6.45, 7) is 11.4. The Balaban J connectivity index is 1.74. The first kappa shape index (κ1) is 29.6. The molecule has 3 N–H and O–H groups in total. The molecule has 3 unspecified atom stereocenters. The van der Waals surface area contributed by atoms with Crippen LogP contribution in [-0.2, 0) is 4.74 Å². The van der Waals surface area contributed by atoms with Gasteiger partial charge in [0.2, 0.25) is 0 Å². The van der Waals surface area contributed by atoms with Gasteiger partial charge in [-0.2, -0.15) is 5.26 Å². The van der Waals surface area contributed by atoms with Crippen molar-refractivity contribution in [2.45, 2.75) is 64.4 Å². The molecule has 0 aromatic heterocycles. The van der Waals surface area contributed by atoms with Crippen molar-refractivity contribution in [3.8, 4) is 6.07 Å². The maximum Gasteiger partial charge on any atom is 0.169 e. The van der Waals surface area contributed by atoms with E-state index in [0.29, 0.717) is 24.3 Å². The molecule has 5 nitrogen and oxygen atoms in total. The van der Waals surface area contributed by atoms with Gasteiger partial charge < -0.3 is 14.9 Å². The van der Waals surface area contributed by atoms with Crippen LogP contribution in [0.4, 0.5) is 4.39 Å². The Hall–Kier alpha value is -3.34. The molecule has 0 amide bonds. The van der Waals surface area contributed by atoms with Crippen molar-refractivity contribution >= 4 is 5.57 Å². The lowest BCUT2D eigenvalue weighted by molar-refractivity contribution is -0.0452. The molecule has 2 aromatic rings. The molecule has 0 spiro atoms. The summed E-state index contributed by atoms with van der Waals surface area (Å²) in [6, 6.07) is 13.6. The van der Waals surface area contributed by atoms with Crippen LogP contribution in [0, 0.1) is 36.9 Å². The van der Waals surface area contributed by atoms with Crippen LogP contribution >= 0.6 is 0 Å². The summed E-state index contributed by atoms with van der Waals surface area (Å²) in [6.07, 6.45) is 9.97. The van der Waals surface area contributed by atoms with Gasteiger partial charge in [-0.05, 0) is 67.0 Å². The number of nitriles is 1. The second-order valence-corrected chi connectivity index (χ2v) is 10.8. The standard InChI is InChI=1S/C34H39FN2O3/c1-5-7-29(26-8-6-9-28(15-14-26)34(21-40-34)37-17-16-32(38)39)33(27-12-10-22(2)11-13-27)24(4)30-18-25(20-36)19-31(35)23(30)3/h6,9-15,18-19,29,32-33,37-39H,4-5,7-8,16-17,21H2,1-3H3. The SMILES string of the molecule is C=C(c1cc(C#N)cc(F)c1C)C(c1ccc(C)cc1)C(CCC)C1=CC=C(C2(NCCC(O)O)CO2)C=CC1. The van der Waals surface area contributed by atoms with E-state index in [2.05, 4.69) is 80.4 Å².